The standard InChI is InChI=1S/C9H13N3O2/c1-6(2)12-9(13)7-4-8(14-3)11-5-10-7/h4-6H,1-3H3,(H,12,13). The van der Waals surface area contributed by atoms with Gasteiger partial charge in [-0.25, -0.2) is 9.97 Å². The molecular formula is C9H13N3O2. The maximum absolute atomic E-state index is 11.5. The minimum Gasteiger partial charge on any atom is -0.481 e. The first-order valence-corrected chi connectivity index (χ1v) is 4.30. The lowest BCUT2D eigenvalue weighted by Gasteiger charge is -2.07. The molecule has 0 aliphatic rings. The predicted molar refractivity (Wildman–Crippen MR) is 51.2 cm³/mol. The molecule has 1 amide bonds. The lowest BCUT2D eigenvalue weighted by Crippen LogP contribution is -2.30. The van der Waals surface area contributed by atoms with Gasteiger partial charge < -0.3 is 10.1 Å². The Kier molecular flexibility index (Phi) is 3.39. The van der Waals surface area contributed by atoms with E-state index in [0.717, 1.165) is 0 Å². The van der Waals surface area contributed by atoms with Crippen LogP contribution in [0.25, 0.3) is 0 Å². The summed E-state index contributed by atoms with van der Waals surface area (Å²) in [7, 11) is 1.49. The Hall–Kier alpha value is -1.65. The van der Waals surface area contributed by atoms with Crippen LogP contribution < -0.4 is 10.1 Å². The third-order valence-electron chi connectivity index (χ3n) is 1.50. The maximum atomic E-state index is 11.5. The normalized spacial score (nSPS) is 10.0. The average molecular weight is 195 g/mol. The zero-order valence-corrected chi connectivity index (χ0v) is 8.44. The van der Waals surface area contributed by atoms with Crippen LogP contribution in [0.5, 0.6) is 5.88 Å². The second kappa shape index (κ2) is 4.55. The molecule has 0 aliphatic carbocycles. The lowest BCUT2D eigenvalue weighted by molar-refractivity contribution is 0.0937. The Morgan fingerprint density at radius 1 is 1.50 bits per heavy atom. The smallest absolute Gasteiger partial charge is 0.270 e. The van der Waals surface area contributed by atoms with E-state index in [1.807, 2.05) is 13.8 Å². The van der Waals surface area contributed by atoms with Crippen LogP contribution in [-0.4, -0.2) is 29.0 Å². The third-order valence-corrected chi connectivity index (χ3v) is 1.50. The van der Waals surface area contributed by atoms with Gasteiger partial charge in [0.2, 0.25) is 5.88 Å². The number of nitrogens with one attached hydrogen (secondary N) is 1. The molecule has 1 aromatic heterocycles. The molecule has 0 fully saturated rings. The van der Waals surface area contributed by atoms with E-state index in [2.05, 4.69) is 15.3 Å². The van der Waals surface area contributed by atoms with E-state index in [0.29, 0.717) is 11.6 Å². The van der Waals surface area contributed by atoms with Crippen molar-refractivity contribution in [1.82, 2.24) is 15.3 Å². The predicted octanol–water partition coefficient (Wildman–Crippen LogP) is 0.623. The number of amides is 1. The van der Waals surface area contributed by atoms with E-state index in [9.17, 15) is 4.79 Å². The maximum Gasteiger partial charge on any atom is 0.270 e. The van der Waals surface area contributed by atoms with Crippen LogP contribution in [-0.2, 0) is 0 Å². The minimum atomic E-state index is -0.222. The number of hydrogen-bond donors (Lipinski definition) is 1. The quantitative estimate of drug-likeness (QED) is 0.768. The van der Waals surface area contributed by atoms with Crippen molar-refractivity contribution in [2.45, 2.75) is 19.9 Å². The molecule has 1 aromatic rings. The summed E-state index contributed by atoms with van der Waals surface area (Å²) in [6.07, 6.45) is 1.30. The van der Waals surface area contributed by atoms with Crippen LogP contribution in [0.2, 0.25) is 0 Å². The van der Waals surface area contributed by atoms with Crippen LogP contribution in [0.1, 0.15) is 24.3 Å². The summed E-state index contributed by atoms with van der Waals surface area (Å²) in [4.78, 5) is 19.1. The summed E-state index contributed by atoms with van der Waals surface area (Å²) in [5, 5.41) is 2.73. The van der Waals surface area contributed by atoms with Gasteiger partial charge in [0.1, 0.15) is 12.0 Å². The number of carbonyl (C=O) groups is 1. The Bertz CT molecular complexity index is 326. The Balaban J connectivity index is 2.79. The number of ether oxygens (including phenoxy) is 1. The van der Waals surface area contributed by atoms with E-state index in [4.69, 9.17) is 4.74 Å². The topological polar surface area (TPSA) is 64.1 Å². The largest absolute Gasteiger partial charge is 0.481 e. The molecule has 5 nitrogen and oxygen atoms in total. The molecule has 76 valence electrons. The van der Waals surface area contributed by atoms with Gasteiger partial charge in [-0.1, -0.05) is 0 Å². The van der Waals surface area contributed by atoms with Gasteiger partial charge in [0, 0.05) is 12.1 Å². The Labute approximate surface area is 82.5 Å². The number of hydrogen-bond acceptors (Lipinski definition) is 4. The van der Waals surface area contributed by atoms with Crippen LogP contribution in [0.4, 0.5) is 0 Å². The molecule has 0 spiro atoms. The zero-order chi connectivity index (χ0) is 10.6. The first-order chi connectivity index (χ1) is 6.63. The van der Waals surface area contributed by atoms with Gasteiger partial charge in [0.15, 0.2) is 0 Å². The fourth-order valence-corrected chi connectivity index (χ4v) is 0.911. The summed E-state index contributed by atoms with van der Waals surface area (Å²) < 4.78 is 4.88. The van der Waals surface area contributed by atoms with Crippen molar-refractivity contribution >= 4 is 5.91 Å². The van der Waals surface area contributed by atoms with Crippen LogP contribution >= 0.6 is 0 Å². The molecule has 1 N–H and O–H groups in total. The first-order valence-electron chi connectivity index (χ1n) is 4.30. The van der Waals surface area contributed by atoms with E-state index >= 15 is 0 Å². The molecule has 0 saturated carbocycles. The minimum absolute atomic E-state index is 0.0865. The van der Waals surface area contributed by atoms with E-state index in [-0.39, 0.29) is 11.9 Å². The first kappa shape index (κ1) is 10.4. The fraction of sp³-hybridized carbons (Fsp3) is 0.444. The summed E-state index contributed by atoms with van der Waals surface area (Å²) in [5.41, 5.74) is 0.311. The van der Waals surface area contributed by atoms with Gasteiger partial charge in [0.05, 0.1) is 7.11 Å². The summed E-state index contributed by atoms with van der Waals surface area (Å²) in [6.45, 7) is 3.77. The molecule has 0 aliphatic heterocycles. The van der Waals surface area contributed by atoms with Crippen LogP contribution in [0.3, 0.4) is 0 Å². The van der Waals surface area contributed by atoms with Gasteiger partial charge >= 0.3 is 0 Å². The summed E-state index contributed by atoms with van der Waals surface area (Å²) in [5.74, 6) is 0.162. The van der Waals surface area contributed by atoms with Crippen molar-refractivity contribution in [2.24, 2.45) is 0 Å². The van der Waals surface area contributed by atoms with E-state index in [1.165, 1.54) is 19.5 Å². The second-order valence-corrected chi connectivity index (χ2v) is 3.07. The van der Waals surface area contributed by atoms with Gasteiger partial charge in [-0.15, -0.1) is 0 Å². The fourth-order valence-electron chi connectivity index (χ4n) is 0.911. The van der Waals surface area contributed by atoms with Crippen molar-refractivity contribution < 1.29 is 9.53 Å². The molecule has 0 radical (unpaired) electrons. The molecule has 0 aromatic carbocycles. The number of rotatable bonds is 3. The molecular weight excluding hydrogens is 182 g/mol. The number of carbonyl (C=O) groups excluding carboxylic acids is 1. The van der Waals surface area contributed by atoms with Crippen LogP contribution in [0, 0.1) is 0 Å². The summed E-state index contributed by atoms with van der Waals surface area (Å²) >= 11 is 0. The molecule has 0 unspecified atom stereocenters. The highest BCUT2D eigenvalue weighted by atomic mass is 16.5. The number of nitrogens with zero attached hydrogens (tertiary/aromatic N) is 2. The highest BCUT2D eigenvalue weighted by Crippen LogP contribution is 2.05. The van der Waals surface area contributed by atoms with Crippen molar-refractivity contribution in [3.8, 4) is 5.88 Å². The number of aromatic nitrogens is 2. The van der Waals surface area contributed by atoms with Crippen molar-refractivity contribution in [3.05, 3.63) is 18.1 Å². The Morgan fingerprint density at radius 2 is 2.21 bits per heavy atom. The monoisotopic (exact) mass is 195 g/mol. The molecule has 1 rings (SSSR count). The molecule has 5 heteroatoms. The van der Waals surface area contributed by atoms with Crippen molar-refractivity contribution in [2.75, 3.05) is 7.11 Å². The van der Waals surface area contributed by atoms with E-state index in [1.54, 1.807) is 0 Å². The van der Waals surface area contributed by atoms with Crippen LogP contribution in [0.15, 0.2) is 12.4 Å². The highest BCUT2D eigenvalue weighted by molar-refractivity contribution is 5.92. The van der Waals surface area contributed by atoms with E-state index < -0.39 is 0 Å². The van der Waals surface area contributed by atoms with Gasteiger partial charge in [-0.05, 0) is 13.8 Å². The molecule has 14 heavy (non-hydrogen) atoms. The molecule has 0 atom stereocenters. The summed E-state index contributed by atoms with van der Waals surface area (Å²) in [6, 6.07) is 1.58. The SMILES string of the molecule is COc1cc(C(=O)NC(C)C)ncn1. The lowest BCUT2D eigenvalue weighted by atomic mass is 10.3. The van der Waals surface area contributed by atoms with Crippen molar-refractivity contribution in [3.63, 3.8) is 0 Å². The second-order valence-electron chi connectivity index (χ2n) is 3.07. The average Bonchev–Trinajstić information content (AvgIpc) is 2.17. The molecule has 0 saturated heterocycles. The molecule has 1 heterocycles. The molecule has 0 bridgehead atoms. The van der Waals surface area contributed by atoms with Gasteiger partial charge in [-0.2, -0.15) is 0 Å². The third kappa shape index (κ3) is 2.69. The zero-order valence-electron chi connectivity index (χ0n) is 8.44. The van der Waals surface area contributed by atoms with Gasteiger partial charge in [-0.3, -0.25) is 4.79 Å². The van der Waals surface area contributed by atoms with Gasteiger partial charge in [0.25, 0.3) is 5.91 Å². The number of methoxy groups -OCH3 is 1. The van der Waals surface area contributed by atoms with Crippen molar-refractivity contribution in [1.29, 1.82) is 0 Å². The highest BCUT2D eigenvalue weighted by Gasteiger charge is 2.09. The Morgan fingerprint density at radius 3 is 2.79 bits per heavy atom.